The van der Waals surface area contributed by atoms with E-state index in [0.717, 1.165) is 19.3 Å². The Kier molecular flexibility index (Phi) is 4.11. The van der Waals surface area contributed by atoms with Gasteiger partial charge >= 0.3 is 6.03 Å². The van der Waals surface area contributed by atoms with Crippen LogP contribution in [0.5, 0.6) is 0 Å². The lowest BCUT2D eigenvalue weighted by Gasteiger charge is -2.26. The molecule has 1 aromatic carbocycles. The molecule has 1 fully saturated rings. The van der Waals surface area contributed by atoms with Crippen molar-refractivity contribution in [2.75, 3.05) is 5.32 Å². The SMILES string of the molecule is N/C(=N/O)c1ccc(Cl)cc1NC(=O)NC1CCC1. The van der Waals surface area contributed by atoms with Gasteiger partial charge < -0.3 is 21.6 Å². The van der Waals surface area contributed by atoms with Gasteiger partial charge in [-0.05, 0) is 37.5 Å². The summed E-state index contributed by atoms with van der Waals surface area (Å²) in [5.41, 5.74) is 6.36. The molecule has 0 saturated heterocycles. The van der Waals surface area contributed by atoms with Crippen LogP contribution >= 0.6 is 11.6 Å². The molecule has 7 heteroatoms. The van der Waals surface area contributed by atoms with Crippen molar-refractivity contribution in [3.8, 4) is 0 Å². The molecule has 0 unspecified atom stereocenters. The lowest BCUT2D eigenvalue weighted by molar-refractivity contribution is 0.240. The third-order valence-electron chi connectivity index (χ3n) is 3.05. The summed E-state index contributed by atoms with van der Waals surface area (Å²) in [6.45, 7) is 0. The van der Waals surface area contributed by atoms with Gasteiger partial charge in [-0.2, -0.15) is 0 Å². The average Bonchev–Trinajstić information content (AvgIpc) is 2.33. The number of amides is 2. The molecule has 0 spiro atoms. The van der Waals surface area contributed by atoms with Gasteiger partial charge in [0.1, 0.15) is 0 Å². The standard InChI is InChI=1S/C12H15ClN4O2/c13-7-4-5-9(11(14)17-19)10(6-7)16-12(18)15-8-2-1-3-8/h4-6,8,19H,1-3H2,(H2,14,17)(H2,15,16,18). The fourth-order valence-corrected chi connectivity index (χ4v) is 1.97. The minimum atomic E-state index is -0.320. The Morgan fingerprint density at radius 1 is 1.47 bits per heavy atom. The summed E-state index contributed by atoms with van der Waals surface area (Å²) >= 11 is 5.88. The Morgan fingerprint density at radius 2 is 2.21 bits per heavy atom. The summed E-state index contributed by atoms with van der Waals surface area (Å²) in [5.74, 6) is -0.0874. The number of amidine groups is 1. The number of nitrogens with two attached hydrogens (primary N) is 1. The van der Waals surface area contributed by atoms with E-state index in [1.165, 1.54) is 0 Å². The Hall–Kier alpha value is -1.95. The number of hydrogen-bond donors (Lipinski definition) is 4. The van der Waals surface area contributed by atoms with Crippen molar-refractivity contribution in [1.82, 2.24) is 5.32 Å². The van der Waals surface area contributed by atoms with Gasteiger partial charge in [-0.15, -0.1) is 0 Å². The summed E-state index contributed by atoms with van der Waals surface area (Å²) in [6, 6.07) is 4.64. The largest absolute Gasteiger partial charge is 0.409 e. The Balaban J connectivity index is 2.13. The van der Waals surface area contributed by atoms with Crippen LogP contribution in [0.2, 0.25) is 5.02 Å². The fourth-order valence-electron chi connectivity index (χ4n) is 1.79. The molecule has 1 saturated carbocycles. The van der Waals surface area contributed by atoms with Crippen molar-refractivity contribution in [2.24, 2.45) is 10.9 Å². The predicted octanol–water partition coefficient (Wildman–Crippen LogP) is 2.11. The highest BCUT2D eigenvalue weighted by Crippen LogP contribution is 2.22. The third-order valence-corrected chi connectivity index (χ3v) is 3.29. The van der Waals surface area contributed by atoms with Crippen LogP contribution in [0.25, 0.3) is 0 Å². The van der Waals surface area contributed by atoms with Gasteiger partial charge in [0, 0.05) is 16.6 Å². The van der Waals surface area contributed by atoms with Gasteiger partial charge in [-0.25, -0.2) is 4.79 Å². The van der Waals surface area contributed by atoms with E-state index in [9.17, 15) is 4.79 Å². The number of anilines is 1. The van der Waals surface area contributed by atoms with Crippen molar-refractivity contribution in [2.45, 2.75) is 25.3 Å². The van der Waals surface area contributed by atoms with Crippen molar-refractivity contribution >= 4 is 29.2 Å². The molecule has 0 heterocycles. The first-order valence-electron chi connectivity index (χ1n) is 5.95. The summed E-state index contributed by atoms with van der Waals surface area (Å²) < 4.78 is 0. The van der Waals surface area contributed by atoms with Crippen LogP contribution in [0.4, 0.5) is 10.5 Å². The van der Waals surface area contributed by atoms with E-state index in [1.54, 1.807) is 18.2 Å². The highest BCUT2D eigenvalue weighted by molar-refractivity contribution is 6.31. The van der Waals surface area contributed by atoms with Crippen LogP contribution in [0.15, 0.2) is 23.4 Å². The lowest BCUT2D eigenvalue weighted by Crippen LogP contribution is -2.42. The number of urea groups is 1. The zero-order valence-corrected chi connectivity index (χ0v) is 10.9. The van der Waals surface area contributed by atoms with Gasteiger partial charge in [0.25, 0.3) is 0 Å². The molecule has 2 rings (SSSR count). The summed E-state index contributed by atoms with van der Waals surface area (Å²) in [4.78, 5) is 11.8. The molecular formula is C12H15ClN4O2. The fraction of sp³-hybridized carbons (Fsp3) is 0.333. The second-order valence-electron chi connectivity index (χ2n) is 4.40. The van der Waals surface area contributed by atoms with Crippen LogP contribution in [0.1, 0.15) is 24.8 Å². The second kappa shape index (κ2) is 5.79. The van der Waals surface area contributed by atoms with Gasteiger partial charge in [-0.3, -0.25) is 0 Å². The average molecular weight is 283 g/mol. The first-order chi connectivity index (χ1) is 9.10. The molecule has 1 aromatic rings. The van der Waals surface area contributed by atoms with Crippen molar-refractivity contribution < 1.29 is 10.0 Å². The Bertz CT molecular complexity index is 514. The van der Waals surface area contributed by atoms with Gasteiger partial charge in [0.2, 0.25) is 0 Å². The highest BCUT2D eigenvalue weighted by atomic mass is 35.5. The molecule has 1 aliphatic rings. The molecule has 5 N–H and O–H groups in total. The number of hydrogen-bond acceptors (Lipinski definition) is 3. The number of nitrogens with zero attached hydrogens (tertiary/aromatic N) is 1. The number of carbonyl (C=O) groups is 1. The number of rotatable bonds is 3. The van der Waals surface area contributed by atoms with E-state index >= 15 is 0 Å². The molecule has 0 atom stereocenters. The maximum Gasteiger partial charge on any atom is 0.319 e. The number of halogens is 1. The predicted molar refractivity (Wildman–Crippen MR) is 73.8 cm³/mol. The molecule has 0 aliphatic heterocycles. The summed E-state index contributed by atoms with van der Waals surface area (Å²) in [6.07, 6.45) is 3.13. The highest BCUT2D eigenvalue weighted by Gasteiger charge is 2.20. The molecule has 19 heavy (non-hydrogen) atoms. The maximum absolute atomic E-state index is 11.8. The quantitative estimate of drug-likeness (QED) is 0.296. The number of oxime groups is 1. The van der Waals surface area contributed by atoms with E-state index in [2.05, 4.69) is 15.8 Å². The zero-order chi connectivity index (χ0) is 13.8. The summed E-state index contributed by atoms with van der Waals surface area (Å²) in [5, 5.41) is 17.6. The molecule has 6 nitrogen and oxygen atoms in total. The van der Waals surface area contributed by atoms with E-state index in [0.29, 0.717) is 16.3 Å². The van der Waals surface area contributed by atoms with Gasteiger partial charge in [-0.1, -0.05) is 16.8 Å². The van der Waals surface area contributed by atoms with Gasteiger partial charge in [0.05, 0.1) is 5.69 Å². The topological polar surface area (TPSA) is 99.7 Å². The van der Waals surface area contributed by atoms with Crippen LogP contribution in [-0.4, -0.2) is 23.1 Å². The maximum atomic E-state index is 11.8. The van der Waals surface area contributed by atoms with E-state index < -0.39 is 0 Å². The summed E-state index contributed by atoms with van der Waals surface area (Å²) in [7, 11) is 0. The molecular weight excluding hydrogens is 268 g/mol. The molecule has 102 valence electrons. The minimum Gasteiger partial charge on any atom is -0.409 e. The Labute approximate surface area is 115 Å². The van der Waals surface area contributed by atoms with E-state index in [1.807, 2.05) is 0 Å². The molecule has 0 aromatic heterocycles. The Morgan fingerprint density at radius 3 is 2.79 bits per heavy atom. The van der Waals surface area contributed by atoms with E-state index in [-0.39, 0.29) is 17.9 Å². The number of carbonyl (C=O) groups excluding carboxylic acids is 1. The number of nitrogens with one attached hydrogen (secondary N) is 2. The molecule has 0 radical (unpaired) electrons. The monoisotopic (exact) mass is 282 g/mol. The van der Waals surface area contributed by atoms with Crippen LogP contribution in [0.3, 0.4) is 0 Å². The third kappa shape index (κ3) is 3.29. The second-order valence-corrected chi connectivity index (χ2v) is 4.84. The van der Waals surface area contributed by atoms with Crippen molar-refractivity contribution in [1.29, 1.82) is 0 Å². The van der Waals surface area contributed by atoms with Crippen LogP contribution in [-0.2, 0) is 0 Å². The minimum absolute atomic E-state index is 0.0874. The molecule has 1 aliphatic carbocycles. The molecule has 2 amide bonds. The van der Waals surface area contributed by atoms with Crippen LogP contribution < -0.4 is 16.4 Å². The lowest BCUT2D eigenvalue weighted by atomic mass is 9.93. The van der Waals surface area contributed by atoms with Crippen LogP contribution in [0, 0.1) is 0 Å². The smallest absolute Gasteiger partial charge is 0.319 e. The van der Waals surface area contributed by atoms with Gasteiger partial charge in [0.15, 0.2) is 5.84 Å². The normalized spacial score (nSPS) is 15.7. The van der Waals surface area contributed by atoms with E-state index in [4.69, 9.17) is 22.5 Å². The van der Waals surface area contributed by atoms with Crippen molar-refractivity contribution in [3.63, 3.8) is 0 Å². The first kappa shape index (κ1) is 13.5. The van der Waals surface area contributed by atoms with Crippen molar-refractivity contribution in [3.05, 3.63) is 28.8 Å². The zero-order valence-electron chi connectivity index (χ0n) is 10.2. The first-order valence-corrected chi connectivity index (χ1v) is 6.33. The number of benzene rings is 1. The molecule has 0 bridgehead atoms.